The van der Waals surface area contributed by atoms with Crippen LogP contribution in [0.3, 0.4) is 0 Å². The molecule has 4 aromatic heterocycles. The number of unbranched alkanes of at least 4 members (excludes halogenated alkanes) is 3. The van der Waals surface area contributed by atoms with Gasteiger partial charge in [0, 0.05) is 25.4 Å². The number of imidazole rings is 1. The molecule has 0 aliphatic carbocycles. The molecule has 0 unspecified atom stereocenters. The van der Waals surface area contributed by atoms with Gasteiger partial charge < -0.3 is 24.6 Å². The van der Waals surface area contributed by atoms with E-state index in [1.807, 2.05) is 35.1 Å². The van der Waals surface area contributed by atoms with Gasteiger partial charge in [-0.05, 0) is 86.4 Å². The van der Waals surface area contributed by atoms with E-state index in [0.717, 1.165) is 75.7 Å². The molecule has 0 saturated heterocycles. The Morgan fingerprint density at radius 1 is 0.889 bits per heavy atom. The molecule has 0 fully saturated rings. The van der Waals surface area contributed by atoms with Gasteiger partial charge in [0.1, 0.15) is 29.8 Å². The van der Waals surface area contributed by atoms with Crippen LogP contribution in [0.2, 0.25) is 0 Å². The maximum Gasteiger partial charge on any atom is 0.416 e. The van der Waals surface area contributed by atoms with E-state index >= 15 is 0 Å². The number of nitrogen functional groups attached to an aromatic ring is 1. The van der Waals surface area contributed by atoms with Crippen molar-refractivity contribution < 1.29 is 27.1 Å². The van der Waals surface area contributed by atoms with Crippen molar-refractivity contribution in [3.05, 3.63) is 105 Å². The maximum atomic E-state index is 12.8. The standard InChI is InChI=1S/C38H42F3N9O4/c1-2-3-22-52-36-45-34(42)33-35(46-36)50(37(51)44-33)21-7-5-9-29-23-49(48-47-29)20-6-4-8-26-12-17-31(18-13-26)53-24-30-25-54-32(43-30)19-14-27-10-15-28(16-11-27)38(39,40)41/h10-19,23,25H,2-9,20-22,24H2,1H3,(H,44,51)(H2,42,45,46)/b19-14+. The first-order valence-electron chi connectivity index (χ1n) is 17.9. The molecule has 54 heavy (non-hydrogen) atoms. The van der Waals surface area contributed by atoms with Gasteiger partial charge in [-0.25, -0.2) is 9.78 Å². The van der Waals surface area contributed by atoms with Crippen molar-refractivity contribution in [1.29, 1.82) is 0 Å². The fraction of sp³-hybridized carbons (Fsp3) is 0.368. The predicted octanol–water partition coefficient (Wildman–Crippen LogP) is 7.27. The predicted molar refractivity (Wildman–Crippen MR) is 197 cm³/mol. The van der Waals surface area contributed by atoms with Crippen LogP contribution in [-0.4, -0.2) is 46.1 Å². The molecule has 0 radical (unpaired) electrons. The number of nitrogens with two attached hydrogens (primary N) is 1. The molecule has 3 N–H and O–H groups in total. The number of aryl methyl sites for hydroxylation is 4. The lowest BCUT2D eigenvalue weighted by atomic mass is 10.1. The minimum atomic E-state index is -4.37. The number of nitrogens with one attached hydrogen (secondary N) is 1. The van der Waals surface area contributed by atoms with Gasteiger partial charge in [0.25, 0.3) is 0 Å². The number of benzene rings is 2. The summed E-state index contributed by atoms with van der Waals surface area (Å²) in [6.07, 6.45) is 9.33. The first-order chi connectivity index (χ1) is 26.1. The summed E-state index contributed by atoms with van der Waals surface area (Å²) in [7, 11) is 0. The highest BCUT2D eigenvalue weighted by Crippen LogP contribution is 2.29. The summed E-state index contributed by atoms with van der Waals surface area (Å²) in [5.41, 5.74) is 9.24. The zero-order valence-corrected chi connectivity index (χ0v) is 29.9. The van der Waals surface area contributed by atoms with Crippen molar-refractivity contribution in [1.82, 2.24) is 39.5 Å². The minimum Gasteiger partial charge on any atom is -0.487 e. The highest BCUT2D eigenvalue weighted by Gasteiger charge is 2.29. The van der Waals surface area contributed by atoms with Gasteiger partial charge in [-0.2, -0.15) is 23.1 Å². The molecule has 0 aliphatic heterocycles. The molecule has 16 heteroatoms. The van der Waals surface area contributed by atoms with Crippen LogP contribution in [0.1, 0.15) is 79.4 Å². The van der Waals surface area contributed by atoms with Gasteiger partial charge in [-0.1, -0.05) is 42.8 Å². The van der Waals surface area contributed by atoms with Crippen molar-refractivity contribution in [2.75, 3.05) is 12.3 Å². The van der Waals surface area contributed by atoms with Crippen LogP contribution in [0, 0.1) is 0 Å². The third-order valence-corrected chi connectivity index (χ3v) is 8.65. The molecule has 0 amide bonds. The number of hydrogen-bond donors (Lipinski definition) is 2. The summed E-state index contributed by atoms with van der Waals surface area (Å²) < 4.78 is 58.6. The molecule has 13 nitrogen and oxygen atoms in total. The van der Waals surface area contributed by atoms with Crippen LogP contribution >= 0.6 is 0 Å². The first-order valence-corrected chi connectivity index (χ1v) is 17.9. The number of halogens is 3. The Bertz CT molecular complexity index is 2190. The first kappa shape index (κ1) is 37.8. The number of alkyl halides is 3. The number of nitrogens with zero attached hydrogens (tertiary/aromatic N) is 7. The second kappa shape index (κ2) is 17.7. The minimum absolute atomic E-state index is 0.175. The van der Waals surface area contributed by atoms with E-state index in [1.54, 1.807) is 16.7 Å². The lowest BCUT2D eigenvalue weighted by Crippen LogP contribution is -2.17. The Morgan fingerprint density at radius 2 is 1.67 bits per heavy atom. The highest BCUT2D eigenvalue weighted by atomic mass is 19.4. The summed E-state index contributed by atoms with van der Waals surface area (Å²) in [4.78, 5) is 28.3. The Labute approximate surface area is 309 Å². The Morgan fingerprint density at radius 3 is 2.44 bits per heavy atom. The third kappa shape index (κ3) is 10.4. The number of ether oxygens (including phenoxy) is 2. The van der Waals surface area contributed by atoms with Gasteiger partial charge in [-0.3, -0.25) is 9.25 Å². The van der Waals surface area contributed by atoms with E-state index in [2.05, 4.69) is 37.2 Å². The van der Waals surface area contributed by atoms with Crippen molar-refractivity contribution in [3.63, 3.8) is 0 Å². The number of oxazole rings is 1. The smallest absolute Gasteiger partial charge is 0.416 e. The van der Waals surface area contributed by atoms with Crippen molar-refractivity contribution in [3.8, 4) is 11.8 Å². The molecule has 284 valence electrons. The number of H-pyrrole nitrogens is 1. The van der Waals surface area contributed by atoms with Gasteiger partial charge in [0.2, 0.25) is 5.89 Å². The number of hydrogen-bond acceptors (Lipinski definition) is 10. The fourth-order valence-electron chi connectivity index (χ4n) is 5.68. The Hall–Kier alpha value is -5.93. The monoisotopic (exact) mass is 745 g/mol. The molecule has 2 aromatic carbocycles. The average Bonchev–Trinajstić information content (AvgIpc) is 3.90. The fourth-order valence-corrected chi connectivity index (χ4v) is 5.68. The quantitative estimate of drug-likeness (QED) is 0.0806. The van der Waals surface area contributed by atoms with Crippen LogP contribution in [0.5, 0.6) is 11.8 Å². The van der Waals surface area contributed by atoms with E-state index in [0.29, 0.717) is 47.2 Å². The molecular formula is C38H42F3N9O4. The zero-order chi connectivity index (χ0) is 37.9. The third-order valence-electron chi connectivity index (χ3n) is 8.65. The van der Waals surface area contributed by atoms with E-state index in [-0.39, 0.29) is 24.1 Å². The van der Waals surface area contributed by atoms with Gasteiger partial charge in [0.15, 0.2) is 11.5 Å². The van der Waals surface area contributed by atoms with Crippen molar-refractivity contribution >= 4 is 29.1 Å². The molecule has 0 atom stereocenters. The molecule has 0 spiro atoms. The second-order valence-electron chi connectivity index (χ2n) is 12.8. The lowest BCUT2D eigenvalue weighted by molar-refractivity contribution is -0.137. The lowest BCUT2D eigenvalue weighted by Gasteiger charge is -2.06. The number of fused-ring (bicyclic) bond motifs is 1. The van der Waals surface area contributed by atoms with Gasteiger partial charge >= 0.3 is 17.9 Å². The average molecular weight is 746 g/mol. The normalized spacial score (nSPS) is 11.9. The van der Waals surface area contributed by atoms with Crippen LogP contribution in [0.4, 0.5) is 19.0 Å². The Kier molecular flexibility index (Phi) is 12.4. The summed E-state index contributed by atoms with van der Waals surface area (Å²) in [6, 6.07) is 12.9. The summed E-state index contributed by atoms with van der Waals surface area (Å²) in [6.45, 7) is 4.01. The van der Waals surface area contributed by atoms with E-state index in [1.165, 1.54) is 24.0 Å². The van der Waals surface area contributed by atoms with Crippen molar-refractivity contribution in [2.24, 2.45) is 0 Å². The summed E-state index contributed by atoms with van der Waals surface area (Å²) in [5.74, 6) is 1.22. The summed E-state index contributed by atoms with van der Waals surface area (Å²) >= 11 is 0. The van der Waals surface area contributed by atoms with E-state index in [4.69, 9.17) is 19.6 Å². The van der Waals surface area contributed by atoms with E-state index < -0.39 is 11.7 Å². The largest absolute Gasteiger partial charge is 0.487 e. The van der Waals surface area contributed by atoms with Crippen molar-refractivity contribution in [2.45, 2.75) is 84.2 Å². The number of anilines is 1. The molecule has 6 rings (SSSR count). The molecule has 4 heterocycles. The topological polar surface area (TPSA) is 165 Å². The molecule has 0 bridgehead atoms. The molecule has 0 saturated carbocycles. The molecule has 6 aromatic rings. The van der Waals surface area contributed by atoms with Gasteiger partial charge in [0.05, 0.1) is 17.9 Å². The summed E-state index contributed by atoms with van der Waals surface area (Å²) in [5, 5.41) is 8.60. The second-order valence-corrected chi connectivity index (χ2v) is 12.8. The number of rotatable bonds is 19. The van der Waals surface area contributed by atoms with Crippen LogP contribution in [-0.2, 0) is 38.7 Å². The molecular weight excluding hydrogens is 703 g/mol. The maximum absolute atomic E-state index is 12.8. The highest BCUT2D eigenvalue weighted by molar-refractivity contribution is 5.81. The number of aromatic amines is 1. The van der Waals surface area contributed by atoms with Gasteiger partial charge in [-0.15, -0.1) is 5.10 Å². The van der Waals surface area contributed by atoms with Crippen LogP contribution in [0.15, 0.2) is 70.2 Å². The van der Waals surface area contributed by atoms with E-state index in [9.17, 15) is 18.0 Å². The SMILES string of the molecule is CCCCOc1nc(N)c2[nH]c(=O)n(CCCCc3cn(CCCCc4ccc(OCc5coc(/C=C/c6ccc(C(F)(F)F)cc6)n5)cc4)nn3)c2n1. The number of aromatic nitrogens is 8. The van der Waals surface area contributed by atoms with Crippen LogP contribution < -0.4 is 20.9 Å². The van der Waals surface area contributed by atoms with Crippen LogP contribution in [0.25, 0.3) is 23.3 Å². The Balaban J connectivity index is 0.873. The zero-order valence-electron chi connectivity index (χ0n) is 29.9. The molecule has 0 aliphatic rings.